The summed E-state index contributed by atoms with van der Waals surface area (Å²) in [6.07, 6.45) is 4.10. The predicted octanol–water partition coefficient (Wildman–Crippen LogP) is 3.27. The number of rotatable bonds is 9. The largest absolute Gasteiger partial charge is 0.370 e. The molecule has 1 aromatic heterocycles. The van der Waals surface area contributed by atoms with Crippen molar-refractivity contribution in [3.63, 3.8) is 0 Å². The highest BCUT2D eigenvalue weighted by atomic mass is 32.2. The van der Waals surface area contributed by atoms with E-state index in [4.69, 9.17) is 0 Å². The number of nitrogens with one attached hydrogen (secondary N) is 2. The second kappa shape index (κ2) is 9.02. The van der Waals surface area contributed by atoms with Crippen molar-refractivity contribution in [2.24, 2.45) is 5.92 Å². The monoisotopic (exact) mass is 282 g/mol. The molecule has 2 N–H and O–H groups in total. The van der Waals surface area contributed by atoms with Crippen LogP contribution in [0.4, 0.5) is 11.6 Å². The summed E-state index contributed by atoms with van der Waals surface area (Å²) < 4.78 is 0. The van der Waals surface area contributed by atoms with Gasteiger partial charge in [0, 0.05) is 25.6 Å². The summed E-state index contributed by atoms with van der Waals surface area (Å²) in [7, 11) is 0. The highest BCUT2D eigenvalue weighted by Gasteiger charge is 2.05. The molecule has 1 heterocycles. The second-order valence-electron chi connectivity index (χ2n) is 4.78. The van der Waals surface area contributed by atoms with Gasteiger partial charge in [0.25, 0.3) is 0 Å². The second-order valence-corrected chi connectivity index (χ2v) is 5.69. The minimum Gasteiger partial charge on any atom is -0.370 e. The van der Waals surface area contributed by atoms with Gasteiger partial charge in [-0.2, -0.15) is 11.8 Å². The zero-order valence-corrected chi connectivity index (χ0v) is 13.3. The van der Waals surface area contributed by atoms with E-state index in [0.29, 0.717) is 5.92 Å². The molecular weight excluding hydrogens is 256 g/mol. The summed E-state index contributed by atoms with van der Waals surface area (Å²) in [5.41, 5.74) is 0. The number of anilines is 2. The maximum Gasteiger partial charge on any atom is 0.132 e. The Bertz CT molecular complexity index is 370. The predicted molar refractivity (Wildman–Crippen MR) is 86.2 cm³/mol. The quantitative estimate of drug-likeness (QED) is 0.728. The van der Waals surface area contributed by atoms with Gasteiger partial charge in [0.05, 0.1) is 0 Å². The van der Waals surface area contributed by atoms with E-state index >= 15 is 0 Å². The Kier molecular flexibility index (Phi) is 7.63. The lowest BCUT2D eigenvalue weighted by Crippen LogP contribution is -2.15. The molecular formula is C14H26N4S. The van der Waals surface area contributed by atoms with E-state index in [9.17, 15) is 0 Å². The summed E-state index contributed by atoms with van der Waals surface area (Å²) in [4.78, 5) is 9.01. The third-order valence-electron chi connectivity index (χ3n) is 2.73. The SMILES string of the molecule is CCCNc1cc(NCC(C)CSC)nc(CC)n1. The molecule has 1 rings (SSSR count). The lowest BCUT2D eigenvalue weighted by atomic mass is 10.2. The van der Waals surface area contributed by atoms with Crippen molar-refractivity contribution in [2.75, 3.05) is 35.7 Å². The molecule has 0 aliphatic heterocycles. The van der Waals surface area contributed by atoms with E-state index in [1.807, 2.05) is 17.8 Å². The molecule has 1 unspecified atom stereocenters. The molecule has 5 heteroatoms. The van der Waals surface area contributed by atoms with Crippen LogP contribution in [0.15, 0.2) is 6.07 Å². The minimum atomic E-state index is 0.641. The Balaban J connectivity index is 2.65. The van der Waals surface area contributed by atoms with E-state index < -0.39 is 0 Å². The van der Waals surface area contributed by atoms with Gasteiger partial charge >= 0.3 is 0 Å². The smallest absolute Gasteiger partial charge is 0.132 e. The maximum atomic E-state index is 4.52. The fourth-order valence-corrected chi connectivity index (χ4v) is 2.40. The van der Waals surface area contributed by atoms with Gasteiger partial charge < -0.3 is 10.6 Å². The van der Waals surface area contributed by atoms with Crippen LogP contribution in [0.3, 0.4) is 0 Å². The Labute approximate surface area is 121 Å². The fourth-order valence-electron chi connectivity index (χ4n) is 1.71. The van der Waals surface area contributed by atoms with E-state index in [0.717, 1.165) is 43.4 Å². The molecule has 0 bridgehead atoms. The zero-order valence-electron chi connectivity index (χ0n) is 12.5. The van der Waals surface area contributed by atoms with Crippen LogP contribution in [0.2, 0.25) is 0 Å². The fraction of sp³-hybridized carbons (Fsp3) is 0.714. The average Bonchev–Trinajstić information content (AvgIpc) is 2.43. The average molecular weight is 282 g/mol. The third-order valence-corrected chi connectivity index (χ3v) is 3.63. The van der Waals surface area contributed by atoms with Crippen molar-refractivity contribution in [2.45, 2.75) is 33.6 Å². The number of aryl methyl sites for hydroxylation is 1. The van der Waals surface area contributed by atoms with Crippen LogP contribution in [0.1, 0.15) is 33.0 Å². The zero-order chi connectivity index (χ0) is 14.1. The lowest BCUT2D eigenvalue weighted by Gasteiger charge is -2.13. The first-order chi connectivity index (χ1) is 9.19. The van der Waals surface area contributed by atoms with Crippen LogP contribution in [0.25, 0.3) is 0 Å². The molecule has 0 aliphatic carbocycles. The Morgan fingerprint density at radius 3 is 2.47 bits per heavy atom. The lowest BCUT2D eigenvalue weighted by molar-refractivity contribution is 0.698. The number of nitrogens with zero attached hydrogens (tertiary/aromatic N) is 2. The molecule has 0 saturated heterocycles. The molecule has 0 amide bonds. The van der Waals surface area contributed by atoms with Crippen LogP contribution in [-0.4, -0.2) is 35.1 Å². The summed E-state index contributed by atoms with van der Waals surface area (Å²) in [5, 5.41) is 6.74. The molecule has 0 radical (unpaired) electrons. The van der Waals surface area contributed by atoms with Crippen LogP contribution in [-0.2, 0) is 6.42 Å². The van der Waals surface area contributed by atoms with Gasteiger partial charge in [-0.25, -0.2) is 9.97 Å². The normalized spacial score (nSPS) is 12.2. The first kappa shape index (κ1) is 16.1. The molecule has 0 fully saturated rings. The molecule has 1 aromatic rings. The van der Waals surface area contributed by atoms with Gasteiger partial charge in [0.1, 0.15) is 17.5 Å². The van der Waals surface area contributed by atoms with Crippen LogP contribution >= 0.6 is 11.8 Å². The van der Waals surface area contributed by atoms with Gasteiger partial charge in [-0.3, -0.25) is 0 Å². The molecule has 4 nitrogen and oxygen atoms in total. The van der Waals surface area contributed by atoms with Gasteiger partial charge in [-0.05, 0) is 24.3 Å². The molecule has 0 saturated carbocycles. The molecule has 0 spiro atoms. The molecule has 0 aromatic carbocycles. The summed E-state index contributed by atoms with van der Waals surface area (Å²) in [5.74, 6) is 4.55. The number of hydrogen-bond donors (Lipinski definition) is 2. The first-order valence-corrected chi connectivity index (χ1v) is 8.43. The summed E-state index contributed by atoms with van der Waals surface area (Å²) >= 11 is 1.88. The van der Waals surface area contributed by atoms with E-state index in [1.165, 1.54) is 5.75 Å². The van der Waals surface area contributed by atoms with Crippen molar-refractivity contribution in [1.29, 1.82) is 0 Å². The maximum absolute atomic E-state index is 4.52. The molecule has 19 heavy (non-hydrogen) atoms. The van der Waals surface area contributed by atoms with Crippen molar-refractivity contribution < 1.29 is 0 Å². The van der Waals surface area contributed by atoms with E-state index in [1.54, 1.807) is 0 Å². The molecule has 0 aliphatic rings. The van der Waals surface area contributed by atoms with Crippen LogP contribution in [0.5, 0.6) is 0 Å². The number of hydrogen-bond acceptors (Lipinski definition) is 5. The Morgan fingerprint density at radius 2 is 1.89 bits per heavy atom. The third kappa shape index (κ3) is 6.14. The van der Waals surface area contributed by atoms with Crippen LogP contribution in [0, 0.1) is 5.92 Å². The Morgan fingerprint density at radius 1 is 1.21 bits per heavy atom. The van der Waals surface area contributed by atoms with Crippen molar-refractivity contribution >= 4 is 23.4 Å². The highest BCUT2D eigenvalue weighted by Crippen LogP contribution is 2.13. The molecule has 108 valence electrons. The summed E-state index contributed by atoms with van der Waals surface area (Å²) in [6, 6.07) is 2.00. The standard InChI is InChI=1S/C14H26N4S/c1-5-7-15-13-8-14(18-12(6-2)17-13)16-9-11(3)10-19-4/h8,11H,5-7,9-10H2,1-4H3,(H2,15,16,17,18). The first-order valence-electron chi connectivity index (χ1n) is 7.04. The van der Waals surface area contributed by atoms with Gasteiger partial charge in [-0.15, -0.1) is 0 Å². The van der Waals surface area contributed by atoms with E-state index in [-0.39, 0.29) is 0 Å². The van der Waals surface area contributed by atoms with Gasteiger partial charge in [0.2, 0.25) is 0 Å². The van der Waals surface area contributed by atoms with Gasteiger partial charge in [0.15, 0.2) is 0 Å². The Hall–Kier alpha value is -0.970. The molecule has 1 atom stereocenters. The minimum absolute atomic E-state index is 0.641. The number of thioether (sulfide) groups is 1. The van der Waals surface area contributed by atoms with E-state index in [2.05, 4.69) is 47.6 Å². The summed E-state index contributed by atoms with van der Waals surface area (Å²) in [6.45, 7) is 8.38. The highest BCUT2D eigenvalue weighted by molar-refractivity contribution is 7.98. The van der Waals surface area contributed by atoms with Crippen LogP contribution < -0.4 is 10.6 Å². The van der Waals surface area contributed by atoms with Crippen molar-refractivity contribution in [3.8, 4) is 0 Å². The van der Waals surface area contributed by atoms with Crippen molar-refractivity contribution in [1.82, 2.24) is 9.97 Å². The number of aromatic nitrogens is 2. The topological polar surface area (TPSA) is 49.8 Å². The van der Waals surface area contributed by atoms with Crippen molar-refractivity contribution in [3.05, 3.63) is 11.9 Å². The van der Waals surface area contributed by atoms with Gasteiger partial charge in [-0.1, -0.05) is 20.8 Å².